The molecule has 0 fully saturated rings. The van der Waals surface area contributed by atoms with Gasteiger partial charge in [0.15, 0.2) is 0 Å². The molecule has 0 aromatic heterocycles. The van der Waals surface area contributed by atoms with E-state index in [9.17, 15) is 9.59 Å². The predicted octanol–water partition coefficient (Wildman–Crippen LogP) is 1.44. The van der Waals surface area contributed by atoms with Crippen LogP contribution in [0.1, 0.15) is 41.0 Å². The summed E-state index contributed by atoms with van der Waals surface area (Å²) < 4.78 is 10.2. The van der Waals surface area contributed by atoms with Crippen molar-refractivity contribution in [2.75, 3.05) is 19.8 Å². The molecule has 0 aliphatic heterocycles. The molecule has 0 bridgehead atoms. The van der Waals surface area contributed by atoms with Crippen molar-refractivity contribution in [2.24, 2.45) is 0 Å². The van der Waals surface area contributed by atoms with E-state index in [4.69, 9.17) is 9.47 Å². The first-order valence-electron chi connectivity index (χ1n) is 6.61. The van der Waals surface area contributed by atoms with Gasteiger partial charge in [0.25, 0.3) is 0 Å². The Morgan fingerprint density at radius 3 is 2.42 bits per heavy atom. The number of ether oxygens (including phenoxy) is 2. The lowest BCUT2D eigenvalue weighted by molar-refractivity contribution is -0.122. The van der Waals surface area contributed by atoms with Crippen LogP contribution < -0.4 is 10.6 Å². The lowest BCUT2D eigenvalue weighted by Gasteiger charge is -2.21. The van der Waals surface area contributed by atoms with Gasteiger partial charge in [-0.3, -0.25) is 4.79 Å². The van der Waals surface area contributed by atoms with Crippen LogP contribution in [0.5, 0.6) is 0 Å². The van der Waals surface area contributed by atoms with Gasteiger partial charge in [0, 0.05) is 19.8 Å². The molecule has 0 aliphatic carbocycles. The van der Waals surface area contributed by atoms with Crippen molar-refractivity contribution in [1.82, 2.24) is 10.6 Å². The summed E-state index contributed by atoms with van der Waals surface area (Å²) in [6.45, 7) is 10.7. The van der Waals surface area contributed by atoms with Crippen LogP contribution in [-0.2, 0) is 14.3 Å². The lowest BCUT2D eigenvalue weighted by atomic mass is 10.2. The molecule has 6 heteroatoms. The van der Waals surface area contributed by atoms with Crippen LogP contribution in [0.15, 0.2) is 0 Å². The number of amides is 2. The van der Waals surface area contributed by atoms with Gasteiger partial charge in [-0.1, -0.05) is 0 Å². The summed E-state index contributed by atoms with van der Waals surface area (Å²) in [7, 11) is 0. The molecule has 1 unspecified atom stereocenters. The van der Waals surface area contributed by atoms with E-state index in [-0.39, 0.29) is 5.91 Å². The Hall–Kier alpha value is -1.30. The van der Waals surface area contributed by atoms with Crippen molar-refractivity contribution >= 4 is 12.0 Å². The van der Waals surface area contributed by atoms with Crippen LogP contribution >= 0.6 is 0 Å². The molecule has 0 aliphatic rings. The Morgan fingerprint density at radius 2 is 1.89 bits per heavy atom. The van der Waals surface area contributed by atoms with E-state index >= 15 is 0 Å². The number of hydrogen-bond acceptors (Lipinski definition) is 4. The van der Waals surface area contributed by atoms with Gasteiger partial charge < -0.3 is 20.1 Å². The van der Waals surface area contributed by atoms with Gasteiger partial charge in [0.2, 0.25) is 5.91 Å². The summed E-state index contributed by atoms with van der Waals surface area (Å²) in [5.74, 6) is -0.234. The topological polar surface area (TPSA) is 76.7 Å². The van der Waals surface area contributed by atoms with Gasteiger partial charge in [-0.2, -0.15) is 0 Å². The van der Waals surface area contributed by atoms with E-state index in [1.807, 2.05) is 6.92 Å². The average molecular weight is 274 g/mol. The highest BCUT2D eigenvalue weighted by atomic mass is 16.6. The van der Waals surface area contributed by atoms with Crippen molar-refractivity contribution in [3.63, 3.8) is 0 Å². The fraction of sp³-hybridized carbons (Fsp3) is 0.846. The van der Waals surface area contributed by atoms with E-state index < -0.39 is 17.7 Å². The molecular formula is C13H26N2O4. The summed E-state index contributed by atoms with van der Waals surface area (Å²) >= 11 is 0. The minimum absolute atomic E-state index is 0.234. The predicted molar refractivity (Wildman–Crippen MR) is 73.0 cm³/mol. The average Bonchev–Trinajstić information content (AvgIpc) is 2.25. The van der Waals surface area contributed by atoms with Crippen molar-refractivity contribution in [1.29, 1.82) is 0 Å². The Labute approximate surface area is 115 Å². The molecule has 0 saturated heterocycles. The summed E-state index contributed by atoms with van der Waals surface area (Å²) in [4.78, 5) is 23.1. The second-order valence-corrected chi connectivity index (χ2v) is 5.21. The zero-order chi connectivity index (χ0) is 14.9. The minimum atomic E-state index is -0.623. The number of rotatable bonds is 7. The molecule has 19 heavy (non-hydrogen) atoms. The highest BCUT2D eigenvalue weighted by Gasteiger charge is 2.20. The monoisotopic (exact) mass is 274 g/mol. The Morgan fingerprint density at radius 1 is 1.26 bits per heavy atom. The first kappa shape index (κ1) is 17.7. The summed E-state index contributed by atoms with van der Waals surface area (Å²) in [5.41, 5.74) is -0.572. The van der Waals surface area contributed by atoms with E-state index in [1.54, 1.807) is 27.7 Å². The van der Waals surface area contributed by atoms with Crippen molar-refractivity contribution in [3.8, 4) is 0 Å². The van der Waals surface area contributed by atoms with Crippen LogP contribution in [0.25, 0.3) is 0 Å². The highest BCUT2D eigenvalue weighted by molar-refractivity contribution is 5.85. The maximum Gasteiger partial charge on any atom is 0.408 e. The molecular weight excluding hydrogens is 248 g/mol. The molecule has 0 saturated carbocycles. The Bertz CT molecular complexity index is 287. The molecule has 112 valence electrons. The van der Waals surface area contributed by atoms with Crippen LogP contribution in [0.3, 0.4) is 0 Å². The molecule has 1 atom stereocenters. The zero-order valence-electron chi connectivity index (χ0n) is 12.5. The molecule has 0 spiro atoms. The molecule has 0 aromatic carbocycles. The third-order valence-corrected chi connectivity index (χ3v) is 2.10. The first-order valence-corrected chi connectivity index (χ1v) is 6.61. The Kier molecular flexibility index (Phi) is 8.14. The van der Waals surface area contributed by atoms with E-state index in [0.29, 0.717) is 19.8 Å². The van der Waals surface area contributed by atoms with Gasteiger partial charge in [-0.25, -0.2) is 4.79 Å². The first-order chi connectivity index (χ1) is 8.76. The second kappa shape index (κ2) is 8.74. The third-order valence-electron chi connectivity index (χ3n) is 2.10. The minimum Gasteiger partial charge on any atom is -0.444 e. The third kappa shape index (κ3) is 10.3. The molecule has 0 rings (SSSR count). The lowest BCUT2D eigenvalue weighted by Crippen LogP contribution is -2.46. The quantitative estimate of drug-likeness (QED) is 0.689. The van der Waals surface area contributed by atoms with Crippen LogP contribution in [0, 0.1) is 0 Å². The molecule has 2 N–H and O–H groups in total. The maximum absolute atomic E-state index is 11.7. The normalized spacial score (nSPS) is 12.7. The number of carbonyl (C=O) groups excluding carboxylic acids is 2. The fourth-order valence-electron chi connectivity index (χ4n) is 1.23. The van der Waals surface area contributed by atoms with E-state index in [1.165, 1.54) is 0 Å². The fourth-order valence-corrected chi connectivity index (χ4v) is 1.23. The van der Waals surface area contributed by atoms with Crippen molar-refractivity contribution < 1.29 is 19.1 Å². The second-order valence-electron chi connectivity index (χ2n) is 5.21. The number of nitrogens with one attached hydrogen (secondary N) is 2. The van der Waals surface area contributed by atoms with Gasteiger partial charge in [0.05, 0.1) is 0 Å². The number of carbonyl (C=O) groups is 2. The maximum atomic E-state index is 11.7. The SMILES string of the molecule is CCOCCCNC(=O)C(C)NC(=O)OC(C)(C)C. The van der Waals surface area contributed by atoms with Crippen LogP contribution in [-0.4, -0.2) is 43.4 Å². The van der Waals surface area contributed by atoms with Gasteiger partial charge in [-0.15, -0.1) is 0 Å². The standard InChI is InChI=1S/C13H26N2O4/c1-6-18-9-7-8-14-11(16)10(2)15-12(17)19-13(3,4)5/h10H,6-9H2,1-5H3,(H,14,16)(H,15,17). The Balaban J connectivity index is 3.84. The van der Waals surface area contributed by atoms with Crippen molar-refractivity contribution in [2.45, 2.75) is 52.7 Å². The smallest absolute Gasteiger partial charge is 0.408 e. The highest BCUT2D eigenvalue weighted by Crippen LogP contribution is 2.06. The van der Waals surface area contributed by atoms with Gasteiger partial charge in [0.1, 0.15) is 11.6 Å². The molecule has 0 radical (unpaired) electrons. The molecule has 2 amide bonds. The van der Waals surface area contributed by atoms with Gasteiger partial charge >= 0.3 is 6.09 Å². The van der Waals surface area contributed by atoms with Crippen molar-refractivity contribution in [3.05, 3.63) is 0 Å². The van der Waals surface area contributed by atoms with E-state index in [2.05, 4.69) is 10.6 Å². The largest absolute Gasteiger partial charge is 0.444 e. The molecule has 0 heterocycles. The van der Waals surface area contributed by atoms with Crippen LogP contribution in [0.4, 0.5) is 4.79 Å². The summed E-state index contributed by atoms with van der Waals surface area (Å²) in [5, 5.41) is 5.20. The number of alkyl carbamates (subject to hydrolysis) is 1. The van der Waals surface area contributed by atoms with E-state index in [0.717, 1.165) is 6.42 Å². The summed E-state index contributed by atoms with van der Waals surface area (Å²) in [6.07, 6.45) is 0.156. The van der Waals surface area contributed by atoms with Gasteiger partial charge in [-0.05, 0) is 41.0 Å². The number of hydrogen-bond donors (Lipinski definition) is 2. The molecule has 6 nitrogen and oxygen atoms in total. The zero-order valence-corrected chi connectivity index (χ0v) is 12.5. The molecule has 0 aromatic rings. The van der Waals surface area contributed by atoms with Crippen LogP contribution in [0.2, 0.25) is 0 Å². The summed E-state index contributed by atoms with van der Waals surface area (Å²) in [6, 6.07) is -0.623.